The molecule has 2 aliphatic rings. The van der Waals surface area contributed by atoms with Crippen molar-refractivity contribution in [3.05, 3.63) is 23.9 Å². The number of nitrogens with one attached hydrogen (secondary N) is 2. The predicted octanol–water partition coefficient (Wildman–Crippen LogP) is 1.58. The first-order valence-electron chi connectivity index (χ1n) is 8.91. The van der Waals surface area contributed by atoms with Gasteiger partial charge in [0.05, 0.1) is 24.1 Å². The number of aromatic nitrogens is 4. The second-order valence-corrected chi connectivity index (χ2v) is 7.33. The van der Waals surface area contributed by atoms with E-state index in [0.717, 1.165) is 36.6 Å². The molecule has 0 amide bonds. The molecule has 4 rings (SSSR count). The van der Waals surface area contributed by atoms with Gasteiger partial charge in [-0.05, 0) is 32.6 Å². The van der Waals surface area contributed by atoms with E-state index in [4.69, 9.17) is 0 Å². The van der Waals surface area contributed by atoms with Gasteiger partial charge in [0.2, 0.25) is 5.95 Å². The molecule has 3 heterocycles. The molecule has 1 aliphatic heterocycles. The first kappa shape index (κ1) is 17.0. The van der Waals surface area contributed by atoms with E-state index in [1.54, 1.807) is 4.68 Å². The van der Waals surface area contributed by atoms with E-state index in [2.05, 4.69) is 25.7 Å². The maximum Gasteiger partial charge on any atom is 0.225 e. The summed E-state index contributed by atoms with van der Waals surface area (Å²) in [5.41, 5.74) is 1.58. The first-order chi connectivity index (χ1) is 12.4. The van der Waals surface area contributed by atoms with Crippen LogP contribution in [0.15, 0.2) is 12.4 Å². The molecule has 9 heteroatoms. The van der Waals surface area contributed by atoms with Gasteiger partial charge in [-0.1, -0.05) is 0 Å². The molecule has 0 radical (unpaired) electrons. The number of hydrogen-bond donors (Lipinski definition) is 3. The zero-order valence-electron chi connectivity index (χ0n) is 15.1. The zero-order chi connectivity index (χ0) is 18.4. The van der Waals surface area contributed by atoms with Crippen LogP contribution in [0.25, 0.3) is 0 Å². The van der Waals surface area contributed by atoms with E-state index >= 15 is 0 Å². The molecule has 0 saturated heterocycles. The average molecular weight is 361 g/mol. The number of fused-ring (bicyclic) bond motifs is 1. The standard InChI is InChI=1S/C17H24FN7O/c1-9-14-15(24(3)10(2)16(26)22-14)23-17(20-9)21-13-4-11(5-13)7-25-8-12(18)6-19-25/h6,8,10-11,13,16,22,26H,4-5,7H2,1-3H3,(H,20,21,23)/t10-,11-,13+,16?/m0/s1. The van der Waals surface area contributed by atoms with Gasteiger partial charge in [0.25, 0.3) is 0 Å². The molecular weight excluding hydrogens is 337 g/mol. The van der Waals surface area contributed by atoms with Crippen molar-refractivity contribution in [3.63, 3.8) is 0 Å². The highest BCUT2D eigenvalue weighted by atomic mass is 19.1. The van der Waals surface area contributed by atoms with Gasteiger partial charge in [-0.2, -0.15) is 10.1 Å². The normalized spacial score (nSPS) is 27.5. The minimum atomic E-state index is -0.645. The Labute approximate surface area is 151 Å². The van der Waals surface area contributed by atoms with Crippen molar-refractivity contribution in [1.29, 1.82) is 0 Å². The van der Waals surface area contributed by atoms with Crippen LogP contribution in [0.4, 0.5) is 21.8 Å². The summed E-state index contributed by atoms with van der Waals surface area (Å²) in [7, 11) is 1.92. The van der Waals surface area contributed by atoms with Crippen LogP contribution >= 0.6 is 0 Å². The molecule has 1 unspecified atom stereocenters. The number of rotatable bonds is 4. The summed E-state index contributed by atoms with van der Waals surface area (Å²) in [5.74, 6) is 1.58. The molecule has 1 fully saturated rings. The van der Waals surface area contributed by atoms with Gasteiger partial charge in [-0.25, -0.2) is 9.37 Å². The summed E-state index contributed by atoms with van der Waals surface area (Å²) in [5, 5.41) is 20.5. The summed E-state index contributed by atoms with van der Waals surface area (Å²) in [6.45, 7) is 4.58. The SMILES string of the molecule is Cc1nc(N[C@H]2C[C@@H](Cn3cc(F)cn3)C2)nc2c1NC(O)[C@H](C)N2C. The Hall–Kier alpha value is -2.42. The summed E-state index contributed by atoms with van der Waals surface area (Å²) in [4.78, 5) is 11.1. The van der Waals surface area contributed by atoms with Crippen molar-refractivity contribution in [2.75, 3.05) is 22.6 Å². The number of halogens is 1. The molecule has 2 aromatic heterocycles. The highest BCUT2D eigenvalue weighted by Gasteiger charge is 2.33. The lowest BCUT2D eigenvalue weighted by Crippen LogP contribution is -2.48. The van der Waals surface area contributed by atoms with E-state index in [1.807, 2.05) is 25.8 Å². The lowest BCUT2D eigenvalue weighted by Gasteiger charge is -2.39. The quantitative estimate of drug-likeness (QED) is 0.761. The number of anilines is 3. The van der Waals surface area contributed by atoms with Crippen LogP contribution in [-0.2, 0) is 6.54 Å². The van der Waals surface area contributed by atoms with Crippen molar-refractivity contribution in [3.8, 4) is 0 Å². The molecule has 0 spiro atoms. The second kappa shape index (κ2) is 6.39. The van der Waals surface area contributed by atoms with Crippen molar-refractivity contribution in [2.24, 2.45) is 5.92 Å². The number of hydrogen-bond acceptors (Lipinski definition) is 7. The van der Waals surface area contributed by atoms with Crippen LogP contribution in [0.1, 0.15) is 25.5 Å². The number of aryl methyl sites for hydroxylation is 1. The Morgan fingerprint density at radius 1 is 1.38 bits per heavy atom. The van der Waals surface area contributed by atoms with Gasteiger partial charge >= 0.3 is 0 Å². The fourth-order valence-electron chi connectivity index (χ4n) is 3.61. The van der Waals surface area contributed by atoms with Gasteiger partial charge in [-0.3, -0.25) is 4.68 Å². The maximum absolute atomic E-state index is 13.0. The van der Waals surface area contributed by atoms with E-state index in [1.165, 1.54) is 12.4 Å². The molecule has 0 aromatic carbocycles. The summed E-state index contributed by atoms with van der Waals surface area (Å²) in [6.07, 6.45) is 3.97. The van der Waals surface area contributed by atoms with Gasteiger partial charge in [0.15, 0.2) is 11.6 Å². The number of aliphatic hydroxyl groups excluding tert-OH is 1. The zero-order valence-corrected chi connectivity index (χ0v) is 15.1. The van der Waals surface area contributed by atoms with Crippen LogP contribution in [0, 0.1) is 18.7 Å². The third kappa shape index (κ3) is 3.07. The molecule has 26 heavy (non-hydrogen) atoms. The smallest absolute Gasteiger partial charge is 0.225 e. The third-order valence-corrected chi connectivity index (χ3v) is 5.38. The molecular formula is C17H24FN7O. The Bertz CT molecular complexity index is 804. The lowest BCUT2D eigenvalue weighted by molar-refractivity contribution is 0.172. The monoisotopic (exact) mass is 361 g/mol. The molecule has 2 atom stereocenters. The van der Waals surface area contributed by atoms with Crippen molar-refractivity contribution in [1.82, 2.24) is 19.7 Å². The van der Waals surface area contributed by atoms with Crippen LogP contribution < -0.4 is 15.5 Å². The Morgan fingerprint density at radius 2 is 2.15 bits per heavy atom. The lowest BCUT2D eigenvalue weighted by atomic mass is 9.80. The Kier molecular flexibility index (Phi) is 4.18. The number of nitrogens with zero attached hydrogens (tertiary/aromatic N) is 5. The fraction of sp³-hybridized carbons (Fsp3) is 0.588. The summed E-state index contributed by atoms with van der Waals surface area (Å²) in [6, 6.07) is 0.231. The first-order valence-corrected chi connectivity index (χ1v) is 8.91. The van der Waals surface area contributed by atoms with Crippen molar-refractivity contribution >= 4 is 17.5 Å². The molecule has 140 valence electrons. The molecule has 0 bridgehead atoms. The highest BCUT2D eigenvalue weighted by Crippen LogP contribution is 2.35. The van der Waals surface area contributed by atoms with E-state index in [9.17, 15) is 9.50 Å². The van der Waals surface area contributed by atoms with E-state index < -0.39 is 6.23 Å². The minimum absolute atomic E-state index is 0.0767. The summed E-state index contributed by atoms with van der Waals surface area (Å²) >= 11 is 0. The van der Waals surface area contributed by atoms with Crippen molar-refractivity contribution in [2.45, 2.75) is 51.5 Å². The topological polar surface area (TPSA) is 91.1 Å². The number of aliphatic hydroxyl groups is 1. The molecule has 8 nitrogen and oxygen atoms in total. The molecule has 1 aliphatic carbocycles. The molecule has 2 aromatic rings. The Balaban J connectivity index is 1.40. The van der Waals surface area contributed by atoms with Crippen LogP contribution in [0.2, 0.25) is 0 Å². The third-order valence-electron chi connectivity index (χ3n) is 5.38. The van der Waals surface area contributed by atoms with Gasteiger partial charge in [0.1, 0.15) is 11.9 Å². The fourth-order valence-corrected chi connectivity index (χ4v) is 3.61. The maximum atomic E-state index is 13.0. The number of likely N-dealkylation sites (N-methyl/N-ethyl adjacent to an activating group) is 1. The molecule has 1 saturated carbocycles. The average Bonchev–Trinajstić information content (AvgIpc) is 2.97. The van der Waals surface area contributed by atoms with E-state index in [-0.39, 0.29) is 11.9 Å². The van der Waals surface area contributed by atoms with Gasteiger partial charge in [-0.15, -0.1) is 0 Å². The van der Waals surface area contributed by atoms with Crippen LogP contribution in [-0.4, -0.2) is 50.2 Å². The minimum Gasteiger partial charge on any atom is -0.372 e. The van der Waals surface area contributed by atoms with Gasteiger partial charge < -0.3 is 20.6 Å². The largest absolute Gasteiger partial charge is 0.372 e. The second-order valence-electron chi connectivity index (χ2n) is 7.33. The predicted molar refractivity (Wildman–Crippen MR) is 96.6 cm³/mol. The highest BCUT2D eigenvalue weighted by molar-refractivity contribution is 5.72. The van der Waals surface area contributed by atoms with Crippen molar-refractivity contribution < 1.29 is 9.50 Å². The Morgan fingerprint density at radius 3 is 2.85 bits per heavy atom. The summed E-state index contributed by atoms with van der Waals surface area (Å²) < 4.78 is 14.6. The van der Waals surface area contributed by atoms with Gasteiger partial charge in [0, 0.05) is 19.6 Å². The molecule has 3 N–H and O–H groups in total. The van der Waals surface area contributed by atoms with Crippen LogP contribution in [0.5, 0.6) is 0 Å². The van der Waals surface area contributed by atoms with Crippen LogP contribution in [0.3, 0.4) is 0 Å². The van der Waals surface area contributed by atoms with E-state index in [0.29, 0.717) is 17.9 Å².